The number of carbonyl (C=O) groups is 3. The van der Waals surface area contributed by atoms with Crippen LogP contribution in [0.15, 0.2) is 0 Å². The number of carbonyl (C=O) groups excluding carboxylic acids is 3. The fraction of sp³-hybridized carbons (Fsp3) is 0.864. The maximum atomic E-state index is 11.6. The van der Waals surface area contributed by atoms with Crippen LogP contribution in [0.3, 0.4) is 0 Å². The number of rotatable bonds is 19. The molecule has 0 aromatic heterocycles. The second kappa shape index (κ2) is 19.7. The highest BCUT2D eigenvalue weighted by Gasteiger charge is 2.07. The Labute approximate surface area is 176 Å². The quantitative estimate of drug-likeness (QED) is 0.180. The predicted molar refractivity (Wildman–Crippen MR) is 113 cm³/mol. The molecule has 0 aromatic rings. The summed E-state index contributed by atoms with van der Waals surface area (Å²) in [5.74, 6) is -0.695. The molecule has 0 bridgehead atoms. The van der Waals surface area contributed by atoms with Crippen LogP contribution in [0.5, 0.6) is 0 Å². The Balaban J connectivity index is 3.43. The first-order valence-electron chi connectivity index (χ1n) is 11.1. The Morgan fingerprint density at radius 1 is 0.586 bits per heavy atom. The molecular weight excluding hydrogens is 374 g/mol. The third-order valence-corrected chi connectivity index (χ3v) is 4.32. The first-order chi connectivity index (χ1) is 14.0. The molecule has 0 saturated carbocycles. The molecule has 0 saturated heterocycles. The van der Waals surface area contributed by atoms with Gasteiger partial charge < -0.3 is 19.1 Å². The Bertz CT molecular complexity index is 439. The number of hydrogen-bond donors (Lipinski definition) is 0. The Morgan fingerprint density at radius 3 is 1.52 bits per heavy atom. The van der Waals surface area contributed by atoms with Crippen LogP contribution >= 0.6 is 0 Å². The maximum Gasteiger partial charge on any atom is 0.305 e. The fourth-order valence-electron chi connectivity index (χ4n) is 2.62. The van der Waals surface area contributed by atoms with Gasteiger partial charge in [-0.15, -0.1) is 0 Å². The van der Waals surface area contributed by atoms with Crippen molar-refractivity contribution in [3.8, 4) is 0 Å². The van der Waals surface area contributed by atoms with Crippen molar-refractivity contribution >= 4 is 17.9 Å². The largest absolute Gasteiger partial charge is 0.466 e. The molecule has 170 valence electrons. The summed E-state index contributed by atoms with van der Waals surface area (Å²) in [5, 5.41) is 0. The molecule has 0 heterocycles. The van der Waals surface area contributed by atoms with E-state index < -0.39 is 0 Å². The zero-order valence-electron chi connectivity index (χ0n) is 18.7. The van der Waals surface area contributed by atoms with Crippen LogP contribution in [0.4, 0.5) is 0 Å². The van der Waals surface area contributed by atoms with Gasteiger partial charge in [0.05, 0.1) is 19.8 Å². The van der Waals surface area contributed by atoms with Crippen molar-refractivity contribution in [3.05, 3.63) is 0 Å². The highest BCUT2D eigenvalue weighted by molar-refractivity contribution is 5.70. The monoisotopic (exact) mass is 415 g/mol. The summed E-state index contributed by atoms with van der Waals surface area (Å²) in [4.78, 5) is 36.7. The number of esters is 3. The first-order valence-corrected chi connectivity index (χ1v) is 11.1. The van der Waals surface area contributed by atoms with Crippen LogP contribution in [0.1, 0.15) is 84.0 Å². The van der Waals surface area contributed by atoms with Crippen molar-refractivity contribution in [1.29, 1.82) is 0 Å². The van der Waals surface area contributed by atoms with E-state index >= 15 is 0 Å². The van der Waals surface area contributed by atoms with E-state index in [4.69, 9.17) is 14.2 Å². The van der Waals surface area contributed by atoms with E-state index in [0.717, 1.165) is 25.8 Å². The smallest absolute Gasteiger partial charge is 0.305 e. The van der Waals surface area contributed by atoms with E-state index in [0.29, 0.717) is 38.7 Å². The van der Waals surface area contributed by atoms with Gasteiger partial charge in [-0.2, -0.15) is 0 Å². The maximum absolute atomic E-state index is 11.6. The fourth-order valence-corrected chi connectivity index (χ4v) is 2.62. The molecule has 7 nitrogen and oxygen atoms in total. The standard InChI is InChI=1S/C22H41NO6/c1-4-5-6-7-10-17-27-20(24)13-8-9-14-21(25)28-18-12-19-29-22(26)15-11-16-23(2)3/h4-19H2,1-3H3. The van der Waals surface area contributed by atoms with Gasteiger partial charge >= 0.3 is 17.9 Å². The molecule has 0 radical (unpaired) electrons. The van der Waals surface area contributed by atoms with Crippen molar-refractivity contribution in [2.45, 2.75) is 84.0 Å². The van der Waals surface area contributed by atoms with E-state index in [1.807, 2.05) is 19.0 Å². The van der Waals surface area contributed by atoms with Crippen molar-refractivity contribution < 1.29 is 28.6 Å². The van der Waals surface area contributed by atoms with E-state index in [9.17, 15) is 14.4 Å². The lowest BCUT2D eigenvalue weighted by Crippen LogP contribution is -2.15. The lowest BCUT2D eigenvalue weighted by atomic mass is 10.2. The molecule has 0 aromatic carbocycles. The van der Waals surface area contributed by atoms with Crippen LogP contribution in [-0.2, 0) is 28.6 Å². The van der Waals surface area contributed by atoms with Crippen LogP contribution in [0, 0.1) is 0 Å². The van der Waals surface area contributed by atoms with Gasteiger partial charge in [-0.1, -0.05) is 32.6 Å². The van der Waals surface area contributed by atoms with E-state index in [1.54, 1.807) is 0 Å². The SMILES string of the molecule is CCCCCCCOC(=O)CCCCC(=O)OCCCOC(=O)CCCN(C)C. The van der Waals surface area contributed by atoms with Gasteiger partial charge in [0.2, 0.25) is 0 Å². The lowest BCUT2D eigenvalue weighted by molar-refractivity contribution is -0.147. The van der Waals surface area contributed by atoms with Gasteiger partial charge in [-0.3, -0.25) is 14.4 Å². The Kier molecular flexibility index (Phi) is 18.6. The molecule has 0 aliphatic carbocycles. The number of unbranched alkanes of at least 4 members (excludes halogenated alkanes) is 5. The van der Waals surface area contributed by atoms with E-state index in [-0.39, 0.29) is 37.5 Å². The average molecular weight is 416 g/mol. The average Bonchev–Trinajstić information content (AvgIpc) is 2.67. The second-order valence-electron chi connectivity index (χ2n) is 7.54. The molecule has 29 heavy (non-hydrogen) atoms. The summed E-state index contributed by atoms with van der Waals surface area (Å²) in [6.07, 6.45) is 9.16. The van der Waals surface area contributed by atoms with Gasteiger partial charge in [-0.05, 0) is 46.3 Å². The van der Waals surface area contributed by atoms with Gasteiger partial charge in [0.1, 0.15) is 0 Å². The van der Waals surface area contributed by atoms with Crippen LogP contribution in [-0.4, -0.2) is 63.3 Å². The summed E-state index contributed by atoms with van der Waals surface area (Å²) in [5.41, 5.74) is 0. The molecule has 0 aliphatic rings. The number of hydrogen-bond acceptors (Lipinski definition) is 7. The highest BCUT2D eigenvalue weighted by atomic mass is 16.5. The van der Waals surface area contributed by atoms with E-state index in [1.165, 1.54) is 19.3 Å². The van der Waals surface area contributed by atoms with Crippen molar-refractivity contribution in [2.75, 3.05) is 40.5 Å². The molecule has 0 atom stereocenters. The van der Waals surface area contributed by atoms with Gasteiger partial charge in [0.15, 0.2) is 0 Å². The molecule has 0 unspecified atom stereocenters. The second-order valence-corrected chi connectivity index (χ2v) is 7.54. The van der Waals surface area contributed by atoms with Crippen molar-refractivity contribution in [3.63, 3.8) is 0 Å². The van der Waals surface area contributed by atoms with Gasteiger partial charge in [0, 0.05) is 25.7 Å². The van der Waals surface area contributed by atoms with Crippen molar-refractivity contribution in [2.24, 2.45) is 0 Å². The van der Waals surface area contributed by atoms with Gasteiger partial charge in [0.25, 0.3) is 0 Å². The molecule has 0 amide bonds. The highest BCUT2D eigenvalue weighted by Crippen LogP contribution is 2.06. The normalized spacial score (nSPS) is 10.8. The Morgan fingerprint density at radius 2 is 1.03 bits per heavy atom. The van der Waals surface area contributed by atoms with E-state index in [2.05, 4.69) is 6.92 Å². The first kappa shape index (κ1) is 27.4. The molecule has 7 heteroatoms. The third-order valence-electron chi connectivity index (χ3n) is 4.32. The summed E-state index contributed by atoms with van der Waals surface area (Å²) >= 11 is 0. The van der Waals surface area contributed by atoms with Crippen LogP contribution in [0.2, 0.25) is 0 Å². The number of ether oxygens (including phenoxy) is 3. The van der Waals surface area contributed by atoms with Crippen LogP contribution < -0.4 is 0 Å². The Hall–Kier alpha value is -1.63. The molecule has 0 N–H and O–H groups in total. The third kappa shape index (κ3) is 20.9. The summed E-state index contributed by atoms with van der Waals surface area (Å²) in [7, 11) is 3.92. The number of nitrogens with zero attached hydrogens (tertiary/aromatic N) is 1. The molecule has 0 aliphatic heterocycles. The van der Waals surface area contributed by atoms with Crippen molar-refractivity contribution in [1.82, 2.24) is 4.90 Å². The minimum atomic E-state index is -0.286. The predicted octanol–water partition coefficient (Wildman–Crippen LogP) is 3.88. The summed E-state index contributed by atoms with van der Waals surface area (Å²) < 4.78 is 15.4. The zero-order chi connectivity index (χ0) is 21.7. The molecule has 0 fully saturated rings. The zero-order valence-corrected chi connectivity index (χ0v) is 18.7. The molecule has 0 spiro atoms. The minimum Gasteiger partial charge on any atom is -0.466 e. The summed E-state index contributed by atoms with van der Waals surface area (Å²) in [6.45, 7) is 4.01. The molecular formula is C22H41NO6. The molecule has 0 rings (SSSR count). The topological polar surface area (TPSA) is 82.1 Å². The van der Waals surface area contributed by atoms with Gasteiger partial charge in [-0.25, -0.2) is 0 Å². The lowest BCUT2D eigenvalue weighted by Gasteiger charge is -2.09. The van der Waals surface area contributed by atoms with Crippen LogP contribution in [0.25, 0.3) is 0 Å². The summed E-state index contributed by atoms with van der Waals surface area (Å²) in [6, 6.07) is 0. The minimum absolute atomic E-state index is 0.193.